The number of ether oxygens (including phenoxy) is 1. The van der Waals surface area contributed by atoms with Gasteiger partial charge in [0.15, 0.2) is 0 Å². The van der Waals surface area contributed by atoms with E-state index in [0.717, 1.165) is 0 Å². The van der Waals surface area contributed by atoms with Crippen LogP contribution in [-0.2, 0) is 11.2 Å². The molecule has 1 N–H and O–H groups in total. The summed E-state index contributed by atoms with van der Waals surface area (Å²) in [6.07, 6.45) is 8.02. The van der Waals surface area contributed by atoms with E-state index in [4.69, 9.17) is 21.4 Å². The lowest BCUT2D eigenvalue weighted by Crippen LogP contribution is -2.27. The first kappa shape index (κ1) is 27.0. The number of benzene rings is 2. The van der Waals surface area contributed by atoms with Gasteiger partial charge in [-0.05, 0) is 69.2 Å². The van der Waals surface area contributed by atoms with Crippen molar-refractivity contribution in [3.8, 4) is 11.5 Å². The number of carbonyl (C=O) groups is 1. The molecule has 0 saturated carbocycles. The summed E-state index contributed by atoms with van der Waals surface area (Å²) in [6, 6.07) is 14.0. The fourth-order valence-electron chi connectivity index (χ4n) is 3.02. The second kappa shape index (κ2) is 16.6. The topological polar surface area (TPSA) is 49.8 Å². The predicted octanol–water partition coefficient (Wildman–Crippen LogP) is 7.45. The standard InChI is InChI=1S/C14H11ClO3.C12H27N/c15-11-5-7-12(8-6-11)18-13-4-2-1-3-10(13)9-14(16)17;1-4-7-10-13(11-8-5-2)12-9-6-3/h1-8H,9H2,(H,16,17);4-12H2,1-3H3. The molecule has 0 amide bonds. The number of para-hydroxylation sites is 1. The van der Waals surface area contributed by atoms with Gasteiger partial charge in [0.1, 0.15) is 11.5 Å². The van der Waals surface area contributed by atoms with Gasteiger partial charge in [-0.2, -0.15) is 0 Å². The number of rotatable bonds is 13. The zero-order valence-corrected chi connectivity index (χ0v) is 20.0. The molecule has 0 unspecified atom stereocenters. The minimum atomic E-state index is -0.887. The van der Waals surface area contributed by atoms with Crippen molar-refractivity contribution in [2.75, 3.05) is 19.6 Å². The second-order valence-corrected chi connectivity index (χ2v) is 8.07. The van der Waals surface area contributed by atoms with Crippen molar-refractivity contribution < 1.29 is 14.6 Å². The van der Waals surface area contributed by atoms with E-state index in [1.165, 1.54) is 58.2 Å². The number of hydrogen-bond acceptors (Lipinski definition) is 3. The lowest BCUT2D eigenvalue weighted by atomic mass is 10.1. The van der Waals surface area contributed by atoms with Crippen molar-refractivity contribution in [1.82, 2.24) is 4.90 Å². The number of nitrogens with zero attached hydrogens (tertiary/aromatic N) is 1. The van der Waals surface area contributed by atoms with Crippen LogP contribution in [0.15, 0.2) is 48.5 Å². The van der Waals surface area contributed by atoms with E-state index in [9.17, 15) is 4.79 Å². The van der Waals surface area contributed by atoms with Crippen LogP contribution in [0.3, 0.4) is 0 Å². The molecule has 2 aromatic rings. The minimum absolute atomic E-state index is 0.0657. The van der Waals surface area contributed by atoms with Crippen LogP contribution in [0.25, 0.3) is 0 Å². The Morgan fingerprint density at radius 1 is 0.871 bits per heavy atom. The Morgan fingerprint density at radius 2 is 1.39 bits per heavy atom. The first-order valence-electron chi connectivity index (χ1n) is 11.5. The molecular formula is C26H38ClNO3. The fourth-order valence-corrected chi connectivity index (χ4v) is 3.15. The van der Waals surface area contributed by atoms with E-state index >= 15 is 0 Å². The van der Waals surface area contributed by atoms with Crippen molar-refractivity contribution in [1.29, 1.82) is 0 Å². The Balaban J connectivity index is 0.000000330. The monoisotopic (exact) mass is 447 g/mol. The van der Waals surface area contributed by atoms with Crippen LogP contribution in [-0.4, -0.2) is 35.6 Å². The molecule has 2 rings (SSSR count). The van der Waals surface area contributed by atoms with Crippen LogP contribution in [0.4, 0.5) is 0 Å². The summed E-state index contributed by atoms with van der Waals surface area (Å²) >= 11 is 5.78. The molecule has 0 aliphatic rings. The first-order valence-corrected chi connectivity index (χ1v) is 11.8. The van der Waals surface area contributed by atoms with Crippen LogP contribution in [0.2, 0.25) is 5.02 Å². The maximum absolute atomic E-state index is 10.7. The highest BCUT2D eigenvalue weighted by Crippen LogP contribution is 2.26. The molecule has 0 radical (unpaired) electrons. The molecule has 0 heterocycles. The van der Waals surface area contributed by atoms with Crippen molar-refractivity contribution in [3.05, 3.63) is 59.1 Å². The summed E-state index contributed by atoms with van der Waals surface area (Å²) in [7, 11) is 0. The van der Waals surface area contributed by atoms with Crippen molar-refractivity contribution in [3.63, 3.8) is 0 Å². The van der Waals surface area contributed by atoms with Crippen LogP contribution < -0.4 is 4.74 Å². The highest BCUT2D eigenvalue weighted by Gasteiger charge is 2.08. The van der Waals surface area contributed by atoms with Gasteiger partial charge in [-0.15, -0.1) is 0 Å². The SMILES string of the molecule is CCCCN(CCCC)CCCC.O=C(O)Cc1ccccc1Oc1ccc(Cl)cc1. The van der Waals surface area contributed by atoms with E-state index in [1.54, 1.807) is 48.5 Å². The predicted molar refractivity (Wildman–Crippen MR) is 130 cm³/mol. The van der Waals surface area contributed by atoms with Crippen LogP contribution >= 0.6 is 11.6 Å². The summed E-state index contributed by atoms with van der Waals surface area (Å²) < 4.78 is 5.64. The average Bonchev–Trinajstić information content (AvgIpc) is 2.76. The van der Waals surface area contributed by atoms with Crippen LogP contribution in [0.5, 0.6) is 11.5 Å². The number of carboxylic acid groups (broad SMARTS) is 1. The number of aliphatic carboxylic acids is 1. The summed E-state index contributed by atoms with van der Waals surface area (Å²) in [5.41, 5.74) is 0.639. The van der Waals surface area contributed by atoms with E-state index in [2.05, 4.69) is 25.7 Å². The zero-order chi connectivity index (χ0) is 22.9. The maximum Gasteiger partial charge on any atom is 0.307 e. The lowest BCUT2D eigenvalue weighted by molar-refractivity contribution is -0.136. The largest absolute Gasteiger partial charge is 0.481 e. The smallest absolute Gasteiger partial charge is 0.307 e. The van der Waals surface area contributed by atoms with Gasteiger partial charge in [0.2, 0.25) is 0 Å². The Bertz CT molecular complexity index is 715. The van der Waals surface area contributed by atoms with Crippen molar-refractivity contribution in [2.45, 2.75) is 65.7 Å². The van der Waals surface area contributed by atoms with E-state index in [0.29, 0.717) is 22.1 Å². The molecule has 0 aliphatic heterocycles. The van der Waals surface area contributed by atoms with E-state index < -0.39 is 5.97 Å². The number of hydrogen-bond donors (Lipinski definition) is 1. The third-order valence-corrected chi connectivity index (χ3v) is 5.09. The van der Waals surface area contributed by atoms with Crippen molar-refractivity contribution in [2.24, 2.45) is 0 Å². The Hall–Kier alpha value is -2.04. The third kappa shape index (κ3) is 12.4. The molecule has 0 atom stereocenters. The summed E-state index contributed by atoms with van der Waals surface area (Å²) in [6.45, 7) is 10.8. The fraction of sp³-hybridized carbons (Fsp3) is 0.500. The summed E-state index contributed by atoms with van der Waals surface area (Å²) in [4.78, 5) is 13.4. The van der Waals surface area contributed by atoms with Gasteiger partial charge in [0, 0.05) is 10.6 Å². The second-order valence-electron chi connectivity index (χ2n) is 7.64. The quantitative estimate of drug-likeness (QED) is 0.346. The molecule has 0 aliphatic carbocycles. The normalized spacial score (nSPS) is 10.5. The van der Waals surface area contributed by atoms with Gasteiger partial charge in [-0.1, -0.05) is 69.8 Å². The molecule has 172 valence electrons. The number of carboxylic acids is 1. The highest BCUT2D eigenvalue weighted by molar-refractivity contribution is 6.30. The number of halogens is 1. The molecule has 0 aromatic heterocycles. The number of unbranched alkanes of at least 4 members (excludes halogenated alkanes) is 3. The lowest BCUT2D eigenvalue weighted by Gasteiger charge is -2.21. The summed E-state index contributed by atoms with van der Waals surface area (Å²) in [5.74, 6) is 0.279. The molecule has 4 nitrogen and oxygen atoms in total. The van der Waals surface area contributed by atoms with Crippen molar-refractivity contribution >= 4 is 17.6 Å². The highest BCUT2D eigenvalue weighted by atomic mass is 35.5. The van der Waals surface area contributed by atoms with Gasteiger partial charge < -0.3 is 14.7 Å². The molecular weight excluding hydrogens is 410 g/mol. The maximum atomic E-state index is 10.7. The molecule has 0 spiro atoms. The van der Waals surface area contributed by atoms with Crippen LogP contribution in [0.1, 0.15) is 64.9 Å². The van der Waals surface area contributed by atoms with Gasteiger partial charge >= 0.3 is 5.97 Å². The Labute approximate surface area is 193 Å². The van der Waals surface area contributed by atoms with Gasteiger partial charge in [-0.25, -0.2) is 0 Å². The zero-order valence-electron chi connectivity index (χ0n) is 19.3. The molecule has 0 fully saturated rings. The first-order chi connectivity index (χ1) is 15.0. The van der Waals surface area contributed by atoms with E-state index in [1.807, 2.05) is 0 Å². The molecule has 0 saturated heterocycles. The minimum Gasteiger partial charge on any atom is -0.481 e. The molecule has 5 heteroatoms. The molecule has 0 bridgehead atoms. The Morgan fingerprint density at radius 3 is 1.87 bits per heavy atom. The summed E-state index contributed by atoms with van der Waals surface area (Å²) in [5, 5.41) is 9.45. The molecule has 2 aromatic carbocycles. The van der Waals surface area contributed by atoms with E-state index in [-0.39, 0.29) is 6.42 Å². The van der Waals surface area contributed by atoms with Gasteiger partial charge in [0.05, 0.1) is 6.42 Å². The van der Waals surface area contributed by atoms with Gasteiger partial charge in [-0.3, -0.25) is 4.79 Å². The third-order valence-electron chi connectivity index (χ3n) is 4.84. The Kier molecular flexibility index (Phi) is 14.5. The van der Waals surface area contributed by atoms with Gasteiger partial charge in [0.25, 0.3) is 0 Å². The molecule has 31 heavy (non-hydrogen) atoms. The average molecular weight is 448 g/mol. The van der Waals surface area contributed by atoms with Crippen LogP contribution in [0, 0.1) is 0 Å².